The fourth-order valence-electron chi connectivity index (χ4n) is 3.67. The molecular formula is C19H25N3O2. The molecule has 1 saturated heterocycles. The third kappa shape index (κ3) is 3.23. The lowest BCUT2D eigenvalue weighted by molar-refractivity contribution is -0.144. The summed E-state index contributed by atoms with van der Waals surface area (Å²) in [5, 5.41) is 10.9. The Bertz CT molecular complexity index is 757. The highest BCUT2D eigenvalue weighted by Gasteiger charge is 2.33. The molecule has 5 nitrogen and oxygen atoms in total. The Labute approximate surface area is 142 Å². The topological polar surface area (TPSA) is 59.6 Å². The van der Waals surface area contributed by atoms with Crippen molar-refractivity contribution in [2.45, 2.75) is 19.9 Å². The van der Waals surface area contributed by atoms with Crippen molar-refractivity contribution in [1.82, 2.24) is 14.8 Å². The molecule has 1 fully saturated rings. The van der Waals surface area contributed by atoms with Gasteiger partial charge in [0.15, 0.2) is 0 Å². The van der Waals surface area contributed by atoms with Crippen LogP contribution in [0, 0.1) is 6.92 Å². The molecule has 3 rings (SSSR count). The molecule has 0 unspecified atom stereocenters. The molecule has 0 bridgehead atoms. The van der Waals surface area contributed by atoms with E-state index in [2.05, 4.69) is 21.4 Å². The number of nitrogens with one attached hydrogen (secondary N) is 1. The van der Waals surface area contributed by atoms with Gasteiger partial charge in [0.2, 0.25) is 0 Å². The number of H-pyrrole nitrogens is 1. The fraction of sp³-hybridized carbons (Fsp3) is 0.421. The molecule has 24 heavy (non-hydrogen) atoms. The smallest absolute Gasteiger partial charge is 0.325 e. The van der Waals surface area contributed by atoms with Gasteiger partial charge in [0.05, 0.1) is 0 Å². The number of carboxylic acid groups (broad SMARTS) is 1. The molecule has 5 heteroatoms. The normalized spacial score (nSPS) is 17.9. The Kier molecular flexibility index (Phi) is 4.73. The minimum absolute atomic E-state index is 0.604. The van der Waals surface area contributed by atoms with E-state index in [0.29, 0.717) is 0 Å². The maximum absolute atomic E-state index is 12.1. The second kappa shape index (κ2) is 6.79. The Balaban J connectivity index is 1.87. The van der Waals surface area contributed by atoms with Crippen LogP contribution in [0.25, 0.3) is 10.9 Å². The van der Waals surface area contributed by atoms with Gasteiger partial charge in [-0.3, -0.25) is 14.6 Å². The molecule has 0 spiro atoms. The van der Waals surface area contributed by atoms with Gasteiger partial charge in [-0.15, -0.1) is 0 Å². The van der Waals surface area contributed by atoms with Gasteiger partial charge >= 0.3 is 5.97 Å². The van der Waals surface area contributed by atoms with E-state index in [-0.39, 0.29) is 0 Å². The van der Waals surface area contributed by atoms with Crippen molar-refractivity contribution >= 4 is 16.9 Å². The average Bonchev–Trinajstić information content (AvgIpc) is 2.85. The summed E-state index contributed by atoms with van der Waals surface area (Å²) < 4.78 is 0. The van der Waals surface area contributed by atoms with Crippen LogP contribution in [0.3, 0.4) is 0 Å². The number of benzene rings is 1. The summed E-state index contributed by atoms with van der Waals surface area (Å²) in [6.07, 6.45) is 0. The van der Waals surface area contributed by atoms with Crippen LogP contribution in [0.1, 0.15) is 24.2 Å². The van der Waals surface area contributed by atoms with Crippen molar-refractivity contribution in [2.75, 3.05) is 32.7 Å². The Morgan fingerprint density at radius 3 is 2.58 bits per heavy atom. The van der Waals surface area contributed by atoms with Crippen LogP contribution in [0.2, 0.25) is 0 Å². The predicted molar refractivity (Wildman–Crippen MR) is 96.2 cm³/mol. The fourth-order valence-corrected chi connectivity index (χ4v) is 3.67. The monoisotopic (exact) mass is 327 g/mol. The number of piperazine rings is 1. The zero-order chi connectivity index (χ0) is 17.3. The summed E-state index contributed by atoms with van der Waals surface area (Å²) in [5.74, 6) is -0.781. The number of hydrogen-bond acceptors (Lipinski definition) is 3. The molecule has 2 aromatic rings. The lowest BCUT2D eigenvalue weighted by atomic mass is 10.0. The van der Waals surface area contributed by atoms with Gasteiger partial charge in [-0.1, -0.05) is 30.4 Å². The molecule has 0 saturated carbocycles. The van der Waals surface area contributed by atoms with E-state index in [0.717, 1.165) is 60.5 Å². The van der Waals surface area contributed by atoms with Gasteiger partial charge in [0.25, 0.3) is 0 Å². The second-order valence-corrected chi connectivity index (χ2v) is 6.72. The molecule has 128 valence electrons. The van der Waals surface area contributed by atoms with E-state index in [9.17, 15) is 9.90 Å². The predicted octanol–water partition coefficient (Wildman–Crippen LogP) is 2.80. The largest absolute Gasteiger partial charge is 0.480 e. The minimum atomic E-state index is -0.781. The van der Waals surface area contributed by atoms with Gasteiger partial charge in [0, 0.05) is 54.9 Å². The molecule has 0 aliphatic carbocycles. The van der Waals surface area contributed by atoms with Crippen LogP contribution in [0.5, 0.6) is 0 Å². The van der Waals surface area contributed by atoms with Crippen LogP contribution >= 0.6 is 0 Å². The first-order valence-electron chi connectivity index (χ1n) is 8.38. The number of fused-ring (bicyclic) bond motifs is 1. The number of para-hydroxylation sites is 1. The number of carboxylic acids is 1. The van der Waals surface area contributed by atoms with Crippen molar-refractivity contribution in [3.63, 3.8) is 0 Å². The van der Waals surface area contributed by atoms with Crippen LogP contribution in [-0.4, -0.2) is 58.6 Å². The zero-order valence-electron chi connectivity index (χ0n) is 14.4. The molecule has 1 aliphatic heterocycles. The van der Waals surface area contributed by atoms with E-state index < -0.39 is 12.0 Å². The quantitative estimate of drug-likeness (QED) is 0.829. The number of rotatable bonds is 5. The second-order valence-electron chi connectivity index (χ2n) is 6.72. The van der Waals surface area contributed by atoms with Crippen LogP contribution in [0.4, 0.5) is 0 Å². The van der Waals surface area contributed by atoms with E-state index in [4.69, 9.17) is 0 Å². The number of aromatic amines is 1. The van der Waals surface area contributed by atoms with Gasteiger partial charge in [-0.25, -0.2) is 0 Å². The van der Waals surface area contributed by atoms with Crippen LogP contribution in [0.15, 0.2) is 36.4 Å². The highest BCUT2D eigenvalue weighted by Crippen LogP contribution is 2.32. The standard InChI is InChI=1S/C19H25N3O2/c1-13(2)12-21-8-10-22(11-9-21)18(19(23)24)17-14(3)20-16-7-5-4-6-15(16)17/h4-7,18,20H,1,8-12H2,2-3H3,(H,23,24)/t18-/m1/s1. The van der Waals surface area contributed by atoms with Crippen molar-refractivity contribution in [2.24, 2.45) is 0 Å². The lowest BCUT2D eigenvalue weighted by Gasteiger charge is -2.38. The molecular weight excluding hydrogens is 302 g/mol. The molecule has 1 aliphatic rings. The highest BCUT2D eigenvalue weighted by atomic mass is 16.4. The van der Waals surface area contributed by atoms with E-state index in [1.165, 1.54) is 0 Å². The van der Waals surface area contributed by atoms with E-state index >= 15 is 0 Å². The Morgan fingerprint density at radius 2 is 1.96 bits per heavy atom. The number of aliphatic carboxylic acids is 1. The minimum Gasteiger partial charge on any atom is -0.480 e. The van der Waals surface area contributed by atoms with Gasteiger partial charge in [-0.2, -0.15) is 0 Å². The third-order valence-corrected chi connectivity index (χ3v) is 4.72. The number of carbonyl (C=O) groups is 1. The molecule has 2 N–H and O–H groups in total. The first-order valence-corrected chi connectivity index (χ1v) is 8.38. The molecule has 1 atom stereocenters. The van der Waals surface area contributed by atoms with Crippen molar-refractivity contribution in [1.29, 1.82) is 0 Å². The van der Waals surface area contributed by atoms with Crippen molar-refractivity contribution in [3.8, 4) is 0 Å². The van der Waals surface area contributed by atoms with Crippen LogP contribution < -0.4 is 0 Å². The number of aryl methyl sites for hydroxylation is 1. The lowest BCUT2D eigenvalue weighted by Crippen LogP contribution is -2.49. The Hall–Kier alpha value is -2.11. The average molecular weight is 327 g/mol. The van der Waals surface area contributed by atoms with Gasteiger partial charge in [-0.05, 0) is 19.9 Å². The highest BCUT2D eigenvalue weighted by molar-refractivity contribution is 5.90. The van der Waals surface area contributed by atoms with Gasteiger partial charge in [0.1, 0.15) is 6.04 Å². The summed E-state index contributed by atoms with van der Waals surface area (Å²) in [7, 11) is 0. The van der Waals surface area contributed by atoms with E-state index in [1.54, 1.807) is 0 Å². The first kappa shape index (κ1) is 16.7. The number of hydrogen-bond donors (Lipinski definition) is 2. The molecule has 0 radical (unpaired) electrons. The number of aromatic nitrogens is 1. The summed E-state index contributed by atoms with van der Waals surface area (Å²) in [6, 6.07) is 7.32. The maximum atomic E-state index is 12.1. The molecule has 2 heterocycles. The summed E-state index contributed by atoms with van der Waals surface area (Å²) >= 11 is 0. The third-order valence-electron chi connectivity index (χ3n) is 4.72. The van der Waals surface area contributed by atoms with Crippen molar-refractivity contribution in [3.05, 3.63) is 47.7 Å². The summed E-state index contributed by atoms with van der Waals surface area (Å²) in [4.78, 5) is 19.8. The summed E-state index contributed by atoms with van der Waals surface area (Å²) in [6.45, 7) is 12.1. The van der Waals surface area contributed by atoms with Gasteiger partial charge < -0.3 is 10.1 Å². The number of nitrogens with zero attached hydrogens (tertiary/aromatic N) is 2. The first-order chi connectivity index (χ1) is 11.5. The molecule has 0 amide bonds. The zero-order valence-corrected chi connectivity index (χ0v) is 14.4. The molecule has 1 aromatic carbocycles. The van der Waals surface area contributed by atoms with Crippen LogP contribution in [-0.2, 0) is 4.79 Å². The van der Waals surface area contributed by atoms with E-state index in [1.807, 2.05) is 38.1 Å². The summed E-state index contributed by atoms with van der Waals surface area (Å²) in [5.41, 5.74) is 3.97. The maximum Gasteiger partial charge on any atom is 0.325 e. The molecule has 1 aromatic heterocycles. The Morgan fingerprint density at radius 1 is 1.29 bits per heavy atom. The van der Waals surface area contributed by atoms with Crippen molar-refractivity contribution < 1.29 is 9.90 Å². The SMILES string of the molecule is C=C(C)CN1CCN([C@@H](C(=O)O)c2c(C)[nH]c3ccccc23)CC1.